The van der Waals surface area contributed by atoms with Gasteiger partial charge in [-0.15, -0.1) is 0 Å². The average Bonchev–Trinajstić information content (AvgIpc) is 2.26. The minimum Gasteiger partial charge on any atom is -0.496 e. The number of nitrogens with one attached hydrogen (secondary N) is 1. The molecule has 1 atom stereocenters. The van der Waals surface area contributed by atoms with Gasteiger partial charge in [0.1, 0.15) is 5.75 Å². The molecule has 90 valence electrons. The summed E-state index contributed by atoms with van der Waals surface area (Å²) in [7, 11) is 1.64. The maximum absolute atomic E-state index is 9.74. The van der Waals surface area contributed by atoms with Crippen molar-refractivity contribution >= 4 is 15.9 Å². The van der Waals surface area contributed by atoms with Crippen LogP contribution in [0.1, 0.15) is 12.5 Å². The van der Waals surface area contributed by atoms with Crippen molar-refractivity contribution in [3.63, 3.8) is 0 Å². The zero-order valence-electron chi connectivity index (χ0n) is 9.66. The minimum atomic E-state index is -0.347. The lowest BCUT2D eigenvalue weighted by Crippen LogP contribution is -2.28. The second-order valence-electron chi connectivity index (χ2n) is 3.63. The number of aliphatic hydroxyl groups excluding tert-OH is 1. The Morgan fingerprint density at radius 2 is 2.25 bits per heavy atom. The fourth-order valence-corrected chi connectivity index (χ4v) is 2.08. The molecule has 0 amide bonds. The Morgan fingerprint density at radius 1 is 1.50 bits per heavy atom. The molecule has 0 radical (unpaired) electrons. The van der Waals surface area contributed by atoms with Crippen molar-refractivity contribution in [1.82, 2.24) is 5.32 Å². The number of ether oxygens (including phenoxy) is 1. The molecule has 1 unspecified atom stereocenters. The highest BCUT2D eigenvalue weighted by Crippen LogP contribution is 2.25. The Kier molecular flexibility index (Phi) is 5.80. The SMILES string of the molecule is CCNCC(O)Cc1ccc(OC)c(Br)c1. The smallest absolute Gasteiger partial charge is 0.133 e. The maximum Gasteiger partial charge on any atom is 0.133 e. The van der Waals surface area contributed by atoms with Crippen LogP contribution in [0.25, 0.3) is 0 Å². The van der Waals surface area contributed by atoms with Crippen LogP contribution in [0.15, 0.2) is 22.7 Å². The van der Waals surface area contributed by atoms with Crippen molar-refractivity contribution in [3.05, 3.63) is 28.2 Å². The number of hydrogen-bond donors (Lipinski definition) is 2. The van der Waals surface area contributed by atoms with Crippen molar-refractivity contribution in [3.8, 4) is 5.75 Å². The first-order valence-corrected chi connectivity index (χ1v) is 6.17. The van der Waals surface area contributed by atoms with Gasteiger partial charge in [0.05, 0.1) is 17.7 Å². The lowest BCUT2D eigenvalue weighted by molar-refractivity contribution is 0.172. The molecule has 0 aromatic heterocycles. The van der Waals surface area contributed by atoms with E-state index in [2.05, 4.69) is 21.2 Å². The van der Waals surface area contributed by atoms with Gasteiger partial charge in [0.15, 0.2) is 0 Å². The summed E-state index contributed by atoms with van der Waals surface area (Å²) in [6.07, 6.45) is 0.301. The molecule has 3 nitrogen and oxygen atoms in total. The van der Waals surface area contributed by atoms with Crippen LogP contribution >= 0.6 is 15.9 Å². The van der Waals surface area contributed by atoms with E-state index in [1.807, 2.05) is 25.1 Å². The normalized spacial score (nSPS) is 12.5. The first kappa shape index (κ1) is 13.5. The Balaban J connectivity index is 2.57. The topological polar surface area (TPSA) is 41.5 Å². The molecule has 0 fully saturated rings. The molecule has 4 heteroatoms. The van der Waals surface area contributed by atoms with Crippen LogP contribution in [-0.4, -0.2) is 31.4 Å². The van der Waals surface area contributed by atoms with Crippen LogP contribution in [0.4, 0.5) is 0 Å². The van der Waals surface area contributed by atoms with E-state index in [1.54, 1.807) is 7.11 Å². The van der Waals surface area contributed by atoms with Crippen molar-refractivity contribution in [2.75, 3.05) is 20.2 Å². The van der Waals surface area contributed by atoms with Gasteiger partial charge >= 0.3 is 0 Å². The zero-order valence-corrected chi connectivity index (χ0v) is 11.3. The van der Waals surface area contributed by atoms with E-state index in [9.17, 15) is 5.11 Å². The van der Waals surface area contributed by atoms with Crippen molar-refractivity contribution in [1.29, 1.82) is 0 Å². The molecule has 0 spiro atoms. The monoisotopic (exact) mass is 287 g/mol. The molecule has 1 aromatic rings. The third-order valence-corrected chi connectivity index (χ3v) is 2.94. The lowest BCUT2D eigenvalue weighted by atomic mass is 10.1. The summed E-state index contributed by atoms with van der Waals surface area (Å²) in [5.41, 5.74) is 1.10. The maximum atomic E-state index is 9.74. The molecule has 0 saturated carbocycles. The summed E-state index contributed by atoms with van der Waals surface area (Å²) in [4.78, 5) is 0. The molecule has 0 saturated heterocycles. The number of hydrogen-bond acceptors (Lipinski definition) is 3. The van der Waals surface area contributed by atoms with Crippen LogP contribution in [-0.2, 0) is 6.42 Å². The summed E-state index contributed by atoms with van der Waals surface area (Å²) in [5, 5.41) is 12.9. The number of aliphatic hydroxyl groups is 1. The van der Waals surface area contributed by atoms with Gasteiger partial charge in [-0.25, -0.2) is 0 Å². The van der Waals surface area contributed by atoms with Gasteiger partial charge in [-0.3, -0.25) is 0 Å². The van der Waals surface area contributed by atoms with Crippen molar-refractivity contribution in [2.45, 2.75) is 19.4 Å². The average molecular weight is 288 g/mol. The Labute approximate surface area is 105 Å². The third kappa shape index (κ3) is 4.12. The number of methoxy groups -OCH3 is 1. The second-order valence-corrected chi connectivity index (χ2v) is 4.49. The van der Waals surface area contributed by atoms with Crippen LogP contribution in [0.5, 0.6) is 5.75 Å². The summed E-state index contributed by atoms with van der Waals surface area (Å²) in [5.74, 6) is 0.810. The van der Waals surface area contributed by atoms with Crippen molar-refractivity contribution in [2.24, 2.45) is 0 Å². The second kappa shape index (κ2) is 6.89. The highest BCUT2D eigenvalue weighted by molar-refractivity contribution is 9.10. The van der Waals surface area contributed by atoms with Crippen LogP contribution in [0.3, 0.4) is 0 Å². The van der Waals surface area contributed by atoms with Crippen LogP contribution in [0.2, 0.25) is 0 Å². The predicted molar refractivity (Wildman–Crippen MR) is 68.9 cm³/mol. The molecule has 2 N–H and O–H groups in total. The molecule has 0 aliphatic rings. The lowest BCUT2D eigenvalue weighted by Gasteiger charge is -2.12. The molecule has 0 aliphatic carbocycles. The molecular weight excluding hydrogens is 270 g/mol. The van der Waals surface area contributed by atoms with E-state index in [1.165, 1.54) is 0 Å². The first-order valence-electron chi connectivity index (χ1n) is 5.38. The van der Waals surface area contributed by atoms with Gasteiger partial charge in [0, 0.05) is 6.54 Å². The van der Waals surface area contributed by atoms with Gasteiger partial charge in [0.25, 0.3) is 0 Å². The van der Waals surface area contributed by atoms with E-state index in [0.717, 1.165) is 22.3 Å². The first-order chi connectivity index (χ1) is 7.67. The molecule has 0 bridgehead atoms. The number of halogens is 1. The quantitative estimate of drug-likeness (QED) is 0.841. The summed E-state index contributed by atoms with van der Waals surface area (Å²) >= 11 is 3.43. The molecular formula is C12H18BrNO2. The van der Waals surface area contributed by atoms with Gasteiger partial charge in [-0.1, -0.05) is 13.0 Å². The van der Waals surface area contributed by atoms with E-state index in [0.29, 0.717) is 13.0 Å². The van der Waals surface area contributed by atoms with Gasteiger partial charge < -0.3 is 15.2 Å². The third-order valence-electron chi connectivity index (χ3n) is 2.32. The largest absolute Gasteiger partial charge is 0.496 e. The fourth-order valence-electron chi connectivity index (χ4n) is 1.49. The summed E-state index contributed by atoms with van der Waals surface area (Å²) in [6.45, 7) is 3.53. The van der Waals surface area contributed by atoms with E-state index in [4.69, 9.17) is 4.74 Å². The van der Waals surface area contributed by atoms with Gasteiger partial charge in [0.2, 0.25) is 0 Å². The van der Waals surface area contributed by atoms with Crippen LogP contribution in [0, 0.1) is 0 Å². The molecule has 0 heterocycles. The van der Waals surface area contributed by atoms with E-state index < -0.39 is 0 Å². The molecule has 0 aliphatic heterocycles. The summed E-state index contributed by atoms with van der Waals surface area (Å²) < 4.78 is 6.07. The number of benzene rings is 1. The number of likely N-dealkylation sites (N-methyl/N-ethyl adjacent to an activating group) is 1. The highest BCUT2D eigenvalue weighted by atomic mass is 79.9. The number of rotatable bonds is 6. The highest BCUT2D eigenvalue weighted by Gasteiger charge is 2.07. The van der Waals surface area contributed by atoms with E-state index in [-0.39, 0.29) is 6.10 Å². The predicted octanol–water partition coefficient (Wildman–Crippen LogP) is 1.97. The summed E-state index contributed by atoms with van der Waals surface area (Å²) in [6, 6.07) is 5.85. The zero-order chi connectivity index (χ0) is 12.0. The Bertz CT molecular complexity index is 331. The minimum absolute atomic E-state index is 0.347. The standard InChI is InChI=1S/C12H18BrNO2/c1-3-14-8-10(15)6-9-4-5-12(16-2)11(13)7-9/h4-5,7,10,14-15H,3,6,8H2,1-2H3. The van der Waals surface area contributed by atoms with Gasteiger partial charge in [-0.2, -0.15) is 0 Å². The van der Waals surface area contributed by atoms with Crippen molar-refractivity contribution < 1.29 is 9.84 Å². The molecule has 16 heavy (non-hydrogen) atoms. The Morgan fingerprint density at radius 3 is 2.81 bits per heavy atom. The molecule has 1 rings (SSSR count). The molecule has 1 aromatic carbocycles. The van der Waals surface area contributed by atoms with Crippen LogP contribution < -0.4 is 10.1 Å². The Hall–Kier alpha value is -0.580. The van der Waals surface area contributed by atoms with E-state index >= 15 is 0 Å². The fraction of sp³-hybridized carbons (Fsp3) is 0.500. The van der Waals surface area contributed by atoms with Gasteiger partial charge in [-0.05, 0) is 46.6 Å².